The summed E-state index contributed by atoms with van der Waals surface area (Å²) in [7, 11) is 1.57. The van der Waals surface area contributed by atoms with E-state index in [0.717, 1.165) is 16.8 Å². The second-order valence-electron chi connectivity index (χ2n) is 4.41. The predicted molar refractivity (Wildman–Crippen MR) is 74.5 cm³/mol. The zero-order valence-corrected chi connectivity index (χ0v) is 11.3. The summed E-state index contributed by atoms with van der Waals surface area (Å²) in [5.74, 6) is 0.572. The van der Waals surface area contributed by atoms with Gasteiger partial charge < -0.3 is 15.4 Å². The van der Waals surface area contributed by atoms with E-state index in [1.807, 2.05) is 39.0 Å². The van der Waals surface area contributed by atoms with E-state index in [0.29, 0.717) is 5.76 Å². The third kappa shape index (κ3) is 3.80. The molecule has 0 spiro atoms. The largest absolute Gasteiger partial charge is 0.497 e. The Labute approximate surface area is 108 Å². The van der Waals surface area contributed by atoms with E-state index < -0.39 is 0 Å². The number of carbonyl (C=O) groups excluding carboxylic acids is 1. The van der Waals surface area contributed by atoms with E-state index in [2.05, 4.69) is 17.2 Å². The number of hydrogen-bond acceptors (Lipinski definition) is 2. The Morgan fingerprint density at radius 2 is 2.06 bits per heavy atom. The molecule has 2 N–H and O–H groups in total. The first kappa shape index (κ1) is 14.1. The average Bonchev–Trinajstić information content (AvgIpc) is 2.30. The molecular formula is C14H20N2O2. The van der Waals surface area contributed by atoms with Crippen molar-refractivity contribution in [1.29, 1.82) is 0 Å². The number of rotatable bonds is 4. The van der Waals surface area contributed by atoms with Gasteiger partial charge in [0.05, 0.1) is 7.11 Å². The molecule has 0 aliphatic heterocycles. The number of hydrogen-bond donors (Lipinski definition) is 2. The van der Waals surface area contributed by atoms with Crippen LogP contribution >= 0.6 is 0 Å². The van der Waals surface area contributed by atoms with Gasteiger partial charge in [0.25, 0.3) is 0 Å². The lowest BCUT2D eigenvalue weighted by Gasteiger charge is -2.13. The summed E-state index contributed by atoms with van der Waals surface area (Å²) in [6.45, 7) is 9.55. The number of methoxy groups -OCH3 is 1. The van der Waals surface area contributed by atoms with Crippen molar-refractivity contribution in [2.75, 3.05) is 12.4 Å². The van der Waals surface area contributed by atoms with Gasteiger partial charge in [0, 0.05) is 17.3 Å². The minimum absolute atomic E-state index is 0.0995. The summed E-state index contributed by atoms with van der Waals surface area (Å²) in [5.41, 5.74) is 2.59. The third-order valence-electron chi connectivity index (χ3n) is 2.47. The fraction of sp³-hybridized carbons (Fsp3) is 0.357. The van der Waals surface area contributed by atoms with E-state index in [4.69, 9.17) is 4.74 Å². The maximum atomic E-state index is 11.6. The van der Waals surface area contributed by atoms with Gasteiger partial charge >= 0.3 is 6.03 Å². The maximum Gasteiger partial charge on any atom is 0.319 e. The molecule has 0 radical (unpaired) electrons. The van der Waals surface area contributed by atoms with Crippen molar-refractivity contribution in [2.24, 2.45) is 0 Å². The lowest BCUT2D eigenvalue weighted by Crippen LogP contribution is -2.34. The van der Waals surface area contributed by atoms with Crippen molar-refractivity contribution in [3.63, 3.8) is 0 Å². The van der Waals surface area contributed by atoms with Crippen LogP contribution in [0.1, 0.15) is 25.0 Å². The highest BCUT2D eigenvalue weighted by Gasteiger charge is 2.07. The summed E-state index contributed by atoms with van der Waals surface area (Å²) in [6, 6.07) is 5.56. The van der Waals surface area contributed by atoms with Gasteiger partial charge in [-0.05, 0) is 32.4 Å². The van der Waals surface area contributed by atoms with Crippen molar-refractivity contribution in [2.45, 2.75) is 26.8 Å². The molecule has 4 nitrogen and oxygen atoms in total. The number of benzene rings is 1. The Balaban J connectivity index is 2.87. The number of nitrogens with one attached hydrogen (secondary N) is 2. The summed E-state index contributed by atoms with van der Waals surface area (Å²) < 4.78 is 5.08. The van der Waals surface area contributed by atoms with Crippen molar-refractivity contribution in [3.05, 3.63) is 35.9 Å². The van der Waals surface area contributed by atoms with Gasteiger partial charge in [0.1, 0.15) is 5.76 Å². The van der Waals surface area contributed by atoms with Crippen LogP contribution in [0.5, 0.6) is 0 Å². The number of amides is 2. The molecule has 2 amide bonds. The Hall–Kier alpha value is -1.97. The van der Waals surface area contributed by atoms with Gasteiger partial charge in [-0.3, -0.25) is 0 Å². The molecule has 0 atom stereocenters. The van der Waals surface area contributed by atoms with E-state index >= 15 is 0 Å². The van der Waals surface area contributed by atoms with Crippen molar-refractivity contribution >= 4 is 17.5 Å². The first-order valence-electron chi connectivity index (χ1n) is 5.85. The topological polar surface area (TPSA) is 50.4 Å². The fourth-order valence-corrected chi connectivity index (χ4v) is 1.47. The number of aryl methyl sites for hydroxylation is 1. The van der Waals surface area contributed by atoms with Crippen LogP contribution in [0.4, 0.5) is 10.5 Å². The Morgan fingerprint density at radius 3 is 2.61 bits per heavy atom. The van der Waals surface area contributed by atoms with Crippen LogP contribution in [0.15, 0.2) is 24.8 Å². The second kappa shape index (κ2) is 6.10. The summed E-state index contributed by atoms with van der Waals surface area (Å²) in [5, 5.41) is 5.59. The van der Waals surface area contributed by atoms with Crippen LogP contribution in [0.25, 0.3) is 5.76 Å². The minimum Gasteiger partial charge on any atom is -0.497 e. The van der Waals surface area contributed by atoms with Crippen molar-refractivity contribution in [1.82, 2.24) is 5.32 Å². The highest BCUT2D eigenvalue weighted by molar-refractivity contribution is 5.90. The first-order chi connectivity index (χ1) is 8.43. The van der Waals surface area contributed by atoms with E-state index in [1.165, 1.54) is 0 Å². The molecule has 1 aromatic carbocycles. The standard InChI is InChI=1S/C14H20N2O2/c1-9(2)15-14(17)16-13-8-12(11(4)18-5)7-6-10(13)3/h6-9H,4H2,1-3,5H3,(H2,15,16,17). The normalized spacial score (nSPS) is 10.1. The SMILES string of the molecule is C=C(OC)c1ccc(C)c(NC(=O)NC(C)C)c1. The molecule has 0 fully saturated rings. The zero-order chi connectivity index (χ0) is 13.7. The molecule has 1 rings (SSSR count). The summed E-state index contributed by atoms with van der Waals surface area (Å²) >= 11 is 0. The van der Waals surface area contributed by atoms with E-state index in [9.17, 15) is 4.79 Å². The number of urea groups is 1. The van der Waals surface area contributed by atoms with Crippen LogP contribution in [0, 0.1) is 6.92 Å². The van der Waals surface area contributed by atoms with Crippen LogP contribution in [0.2, 0.25) is 0 Å². The number of anilines is 1. The summed E-state index contributed by atoms with van der Waals surface area (Å²) in [6.07, 6.45) is 0. The molecule has 4 heteroatoms. The molecule has 0 saturated heterocycles. The molecular weight excluding hydrogens is 228 g/mol. The first-order valence-corrected chi connectivity index (χ1v) is 5.85. The summed E-state index contributed by atoms with van der Waals surface area (Å²) in [4.78, 5) is 11.6. The molecule has 1 aromatic rings. The lowest BCUT2D eigenvalue weighted by atomic mass is 10.1. The Morgan fingerprint density at radius 1 is 1.39 bits per heavy atom. The Bertz CT molecular complexity index is 453. The second-order valence-corrected chi connectivity index (χ2v) is 4.41. The third-order valence-corrected chi connectivity index (χ3v) is 2.47. The Kier molecular flexibility index (Phi) is 4.77. The van der Waals surface area contributed by atoms with Gasteiger partial charge in [-0.15, -0.1) is 0 Å². The molecule has 0 aromatic heterocycles. The minimum atomic E-state index is -0.215. The molecule has 98 valence electrons. The number of carbonyl (C=O) groups is 1. The van der Waals surface area contributed by atoms with Crippen molar-refractivity contribution in [3.8, 4) is 0 Å². The van der Waals surface area contributed by atoms with Gasteiger partial charge in [-0.1, -0.05) is 18.7 Å². The molecule has 0 bridgehead atoms. The molecule has 18 heavy (non-hydrogen) atoms. The molecule has 0 aliphatic carbocycles. The van der Waals surface area contributed by atoms with Crippen LogP contribution < -0.4 is 10.6 Å². The zero-order valence-electron chi connectivity index (χ0n) is 11.3. The van der Waals surface area contributed by atoms with Gasteiger partial charge in [0.2, 0.25) is 0 Å². The maximum absolute atomic E-state index is 11.6. The van der Waals surface area contributed by atoms with Gasteiger partial charge in [-0.25, -0.2) is 4.79 Å². The van der Waals surface area contributed by atoms with Crippen LogP contribution in [-0.4, -0.2) is 19.2 Å². The molecule has 0 heterocycles. The lowest BCUT2D eigenvalue weighted by molar-refractivity contribution is 0.250. The molecule has 0 aliphatic rings. The fourth-order valence-electron chi connectivity index (χ4n) is 1.47. The van der Waals surface area contributed by atoms with Crippen LogP contribution in [-0.2, 0) is 4.74 Å². The quantitative estimate of drug-likeness (QED) is 0.804. The molecule has 0 saturated carbocycles. The highest BCUT2D eigenvalue weighted by atomic mass is 16.5. The van der Waals surface area contributed by atoms with E-state index in [-0.39, 0.29) is 12.1 Å². The number of ether oxygens (including phenoxy) is 1. The predicted octanol–water partition coefficient (Wildman–Crippen LogP) is 3.14. The average molecular weight is 248 g/mol. The van der Waals surface area contributed by atoms with Gasteiger partial charge in [-0.2, -0.15) is 0 Å². The molecule has 0 unspecified atom stereocenters. The highest BCUT2D eigenvalue weighted by Crippen LogP contribution is 2.21. The monoisotopic (exact) mass is 248 g/mol. The smallest absolute Gasteiger partial charge is 0.319 e. The van der Waals surface area contributed by atoms with E-state index in [1.54, 1.807) is 7.11 Å². The van der Waals surface area contributed by atoms with Crippen LogP contribution in [0.3, 0.4) is 0 Å². The van der Waals surface area contributed by atoms with Gasteiger partial charge in [0.15, 0.2) is 0 Å². The van der Waals surface area contributed by atoms with Crippen molar-refractivity contribution < 1.29 is 9.53 Å².